The number of quaternary nitrogens is 1. The fraction of sp³-hybridized carbons (Fsp3) is 0.584. The molecule has 2 fully saturated rings. The number of carbonyl (C=O) groups excluding carboxylic acids is 12. The van der Waals surface area contributed by atoms with Crippen molar-refractivity contribution in [2.75, 3.05) is 107 Å². The monoisotopic (exact) mass is 1560 g/mol. The van der Waals surface area contributed by atoms with Gasteiger partial charge in [-0.25, -0.2) is 4.39 Å². The molecule has 12 atom stereocenters. The number of rotatable bonds is 22. The molecule has 3 unspecified atom stereocenters. The van der Waals surface area contributed by atoms with Crippen molar-refractivity contribution in [2.45, 2.75) is 184 Å². The number of nitrogens with one attached hydrogen (secondary N) is 10. The van der Waals surface area contributed by atoms with Crippen LogP contribution in [0.15, 0.2) is 67.0 Å². The Kier molecular flexibility index (Phi) is 30.6. The molecule has 11 N–H and O–H groups in total. The van der Waals surface area contributed by atoms with E-state index in [0.717, 1.165) is 11.4 Å². The van der Waals surface area contributed by atoms with Gasteiger partial charge in [-0.3, -0.25) is 67.5 Å². The Morgan fingerprint density at radius 2 is 1.57 bits per heavy atom. The molecule has 9 rings (SSSR count). The summed E-state index contributed by atoms with van der Waals surface area (Å²) in [4.78, 5) is 177. The van der Waals surface area contributed by atoms with E-state index in [9.17, 15) is 38.7 Å². The summed E-state index contributed by atoms with van der Waals surface area (Å²) in [5.41, 5.74) is 1.95. The van der Waals surface area contributed by atoms with Gasteiger partial charge in [0, 0.05) is 95.6 Å². The van der Waals surface area contributed by atoms with E-state index in [0.29, 0.717) is 68.9 Å². The highest BCUT2D eigenvalue weighted by molar-refractivity contribution is 6.00. The molecule has 4 aromatic rings. The Balaban J connectivity index is 1.09. The lowest BCUT2D eigenvalue weighted by Crippen LogP contribution is -2.64. The number of alkyl halides is 1. The van der Waals surface area contributed by atoms with Crippen molar-refractivity contribution in [3.8, 4) is 5.75 Å². The number of halogens is 1. The standard InChI is InChI=1S/C77H108FN17O17/c1-10-79-76(108)77(5)25-12-27-94(77)75(107)58(36-49-15-18-55(109-9)19-16-49)86-72(104)67(48(4)96)88-73(105)68-62-23-28-93(68)74(106)59-38-52-42-91(61-21-20-56(78)46(2)66(52)61)43-53-44-92(90-89-53)29-26-80-63(98)22-17-54(97)40-81-47(3)69(101)87-60(41-83-64(99)24-31-110-33-34-111-32-30-95(6,7)8)71(103)84-57(70(102)85-59)37-50-13-11-14-51(35-50)39-82-65(100)45-112-62/h11,13-16,18-21,35,42,44,46-48,56-60,62,67-68,81,96H,10,12,17,22-34,36-41,43,45H2,1-9H3,(H8-,79,80,82,83,84,85,86,87,88,98,99,100,101,102,103,104,105,108)/p+1/t46?,47-,48+,56?,57?,58-,59-,60+,62-,67-,68-,77-/m0/s1. The topological polar surface area (TPSA) is 424 Å². The third-order valence-corrected chi connectivity index (χ3v) is 20.6. The summed E-state index contributed by atoms with van der Waals surface area (Å²) in [7, 11) is 7.58. The Labute approximate surface area is 650 Å². The molecule has 0 spiro atoms. The molecule has 5 aliphatic rings. The van der Waals surface area contributed by atoms with E-state index in [1.807, 2.05) is 21.1 Å². The zero-order valence-electron chi connectivity index (χ0n) is 65.2. The van der Waals surface area contributed by atoms with Gasteiger partial charge in [0.2, 0.25) is 65.0 Å². The van der Waals surface area contributed by atoms with Crippen LogP contribution in [0, 0.1) is 0 Å². The van der Waals surface area contributed by atoms with Gasteiger partial charge in [0.25, 0.3) is 0 Å². The maximum atomic E-state index is 16.3. The second-order valence-electron chi connectivity index (χ2n) is 30.3. The Hall–Kier alpha value is -10.1. The molecule has 6 heterocycles. The van der Waals surface area contributed by atoms with Crippen LogP contribution in [-0.4, -0.2) is 283 Å². The molecule has 112 heavy (non-hydrogen) atoms. The molecule has 0 saturated carbocycles. The van der Waals surface area contributed by atoms with Crippen LogP contribution in [0.5, 0.6) is 5.75 Å². The van der Waals surface area contributed by atoms with Gasteiger partial charge in [-0.05, 0) is 99.1 Å². The number of carbonyl (C=O) groups is 12. The second kappa shape index (κ2) is 39.9. The molecule has 2 aromatic heterocycles. The van der Waals surface area contributed by atoms with E-state index in [-0.39, 0.29) is 111 Å². The van der Waals surface area contributed by atoms with Crippen LogP contribution in [0.25, 0.3) is 6.08 Å². The highest BCUT2D eigenvalue weighted by Crippen LogP contribution is 2.37. The average Bonchev–Trinajstić information content (AvgIpc) is 1.62. The predicted molar refractivity (Wildman–Crippen MR) is 404 cm³/mol. The number of methoxy groups -OCH3 is 1. The summed E-state index contributed by atoms with van der Waals surface area (Å²) >= 11 is 0. The maximum Gasteiger partial charge on any atom is 0.246 e. The Morgan fingerprint density at radius 3 is 2.30 bits per heavy atom. The lowest BCUT2D eigenvalue weighted by molar-refractivity contribution is -0.870. The van der Waals surface area contributed by atoms with Crippen molar-refractivity contribution in [1.29, 1.82) is 0 Å². The van der Waals surface area contributed by atoms with Gasteiger partial charge in [0.15, 0.2) is 0 Å². The number of likely N-dealkylation sites (N-methyl/N-ethyl adjacent to an activating group) is 2. The SMILES string of the molecule is CCNC(=O)[C@]1(C)CCCN1C(=O)[C@H](Cc1ccc(OC)cc1)NC(=O)[C@@H](NC(=O)[C@@H]1[C@@H]2CCN1C(=O)[C@@H]1Cc3cn(c4c3C(C)C(F)C=C4)Cc3cn(nn3)CCNC(=O)CCC(=O)CN[C@@H](C)C(=O)N[C@H](CNC(=O)CCOCCOCC[N+](C)(C)C)C(=O)NC(Cc3cccc(c3)CNC(=O)CO2)C(=O)N1)[C@@H](C)O. The lowest BCUT2D eigenvalue weighted by atomic mass is 9.86. The Morgan fingerprint density at radius 1 is 0.830 bits per heavy atom. The number of hydrogen-bond acceptors (Lipinski definition) is 20. The summed E-state index contributed by atoms with van der Waals surface area (Å²) in [6.45, 7) is 8.18. The summed E-state index contributed by atoms with van der Waals surface area (Å²) in [5, 5.41) is 47.9. The van der Waals surface area contributed by atoms with Crippen LogP contribution in [-0.2, 0) is 111 Å². The van der Waals surface area contributed by atoms with E-state index in [1.54, 1.807) is 92.3 Å². The zero-order chi connectivity index (χ0) is 81.0. The number of hydrogen-bond donors (Lipinski definition) is 11. The highest BCUT2D eigenvalue weighted by atomic mass is 19.1. The quantitative estimate of drug-likeness (QED) is 0.0308. The normalized spacial score (nSPS) is 24.2. The van der Waals surface area contributed by atoms with Crippen LogP contribution in [0.3, 0.4) is 0 Å². The molecule has 4 aliphatic heterocycles. The maximum absolute atomic E-state index is 16.3. The number of ketones is 1. The van der Waals surface area contributed by atoms with Crippen LogP contribution in [0.2, 0.25) is 0 Å². The number of Topliss-reactive ketones (excluding diaryl/α,β-unsaturated/α-hetero) is 1. The van der Waals surface area contributed by atoms with Crippen molar-refractivity contribution in [3.63, 3.8) is 0 Å². The first kappa shape index (κ1) is 85.9. The van der Waals surface area contributed by atoms with E-state index in [1.165, 1.54) is 36.6 Å². The van der Waals surface area contributed by atoms with Gasteiger partial charge in [-0.15, -0.1) is 5.10 Å². The van der Waals surface area contributed by atoms with Gasteiger partial charge in [0.05, 0.1) is 98.8 Å². The van der Waals surface area contributed by atoms with Crippen molar-refractivity contribution in [3.05, 3.63) is 106 Å². The minimum atomic E-state index is -1.87. The number of ether oxygens (including phenoxy) is 4. The molecule has 1 aliphatic carbocycles. The summed E-state index contributed by atoms with van der Waals surface area (Å²) in [5.74, 6) is -9.31. The number of aliphatic hydroxyl groups is 1. The molecule has 10 bridgehead atoms. The van der Waals surface area contributed by atoms with Gasteiger partial charge in [-0.2, -0.15) is 0 Å². The molecular weight excluding hydrogens is 1450 g/mol. The van der Waals surface area contributed by atoms with Gasteiger partial charge >= 0.3 is 0 Å². The Bertz CT molecular complexity index is 4050. The number of allylic oxidation sites excluding steroid dienone is 1. The summed E-state index contributed by atoms with van der Waals surface area (Å²) < 4.78 is 43.3. The molecule has 2 aromatic carbocycles. The molecule has 35 heteroatoms. The first-order valence-electron chi connectivity index (χ1n) is 38.3. The molecule has 610 valence electrons. The third kappa shape index (κ3) is 23.5. The lowest BCUT2D eigenvalue weighted by Gasteiger charge is -2.37. The van der Waals surface area contributed by atoms with Gasteiger partial charge < -0.3 is 90.8 Å². The van der Waals surface area contributed by atoms with Gasteiger partial charge in [0.1, 0.15) is 78.3 Å². The summed E-state index contributed by atoms with van der Waals surface area (Å²) in [6, 6.07) is 2.19. The largest absolute Gasteiger partial charge is 0.497 e. The number of aliphatic hydroxyl groups excluding tert-OH is 1. The number of likely N-dealkylation sites (tertiary alicyclic amines) is 1. The number of amides is 11. The van der Waals surface area contributed by atoms with Crippen molar-refractivity contribution in [2.24, 2.45) is 0 Å². The van der Waals surface area contributed by atoms with Gasteiger partial charge in [-0.1, -0.05) is 48.5 Å². The second-order valence-corrected chi connectivity index (χ2v) is 30.3. The molecule has 34 nitrogen and oxygen atoms in total. The number of aromatic nitrogens is 4. The zero-order valence-corrected chi connectivity index (χ0v) is 65.2. The van der Waals surface area contributed by atoms with Crippen molar-refractivity contribution < 1.29 is 90.5 Å². The first-order chi connectivity index (χ1) is 53.4. The molecule has 2 saturated heterocycles. The van der Waals surface area contributed by atoms with E-state index in [2.05, 4.69) is 63.5 Å². The predicted octanol–water partition coefficient (Wildman–Crippen LogP) is -1.73. The van der Waals surface area contributed by atoms with Crippen molar-refractivity contribution >= 4 is 76.8 Å². The van der Waals surface area contributed by atoms with Crippen LogP contribution in [0.1, 0.15) is 118 Å². The third-order valence-electron chi connectivity index (χ3n) is 20.6. The molecular formula is C77H109FN17O17+. The van der Waals surface area contributed by atoms with Crippen LogP contribution < -0.4 is 57.9 Å². The first-order valence-corrected chi connectivity index (χ1v) is 38.3. The fourth-order valence-corrected chi connectivity index (χ4v) is 14.2. The van der Waals surface area contributed by atoms with E-state index < -0.39 is 162 Å². The van der Waals surface area contributed by atoms with Crippen molar-refractivity contribution in [1.82, 2.24) is 82.5 Å². The fourth-order valence-electron chi connectivity index (χ4n) is 14.2. The molecule has 0 radical (unpaired) electrons. The minimum Gasteiger partial charge on any atom is -0.497 e. The number of nitrogens with zero attached hydrogens (tertiary/aromatic N) is 7. The highest BCUT2D eigenvalue weighted by Gasteiger charge is 2.50. The van der Waals surface area contributed by atoms with E-state index >= 15 is 28.4 Å². The molecule has 11 amide bonds. The van der Waals surface area contributed by atoms with E-state index in [4.69, 9.17) is 18.9 Å². The van der Waals surface area contributed by atoms with Crippen LogP contribution in [0.4, 0.5) is 4.39 Å². The van der Waals surface area contributed by atoms with Crippen LogP contribution >= 0.6 is 0 Å². The average molecular weight is 1560 g/mol. The summed E-state index contributed by atoms with van der Waals surface area (Å²) in [6.07, 6.45) is 0.977. The number of fused-ring (bicyclic) bond motifs is 14. The number of benzene rings is 2. The minimum absolute atomic E-state index is 0.0378. The smallest absolute Gasteiger partial charge is 0.246 e.